The second kappa shape index (κ2) is 9.54. The van der Waals surface area contributed by atoms with Crippen LogP contribution in [-0.4, -0.2) is 50.9 Å². The Hall–Kier alpha value is -2.89. The van der Waals surface area contributed by atoms with Crippen molar-refractivity contribution in [3.63, 3.8) is 0 Å². The first-order valence-electron chi connectivity index (χ1n) is 10.5. The number of nitrogens with zero attached hydrogens (tertiary/aromatic N) is 2. The molecule has 1 atom stereocenters. The van der Waals surface area contributed by atoms with Crippen molar-refractivity contribution in [2.24, 2.45) is 5.92 Å². The van der Waals surface area contributed by atoms with E-state index in [1.54, 1.807) is 26.4 Å². The van der Waals surface area contributed by atoms with Gasteiger partial charge in [-0.1, -0.05) is 18.3 Å². The van der Waals surface area contributed by atoms with E-state index in [4.69, 9.17) is 9.47 Å². The van der Waals surface area contributed by atoms with Crippen molar-refractivity contribution in [2.45, 2.75) is 24.7 Å². The van der Waals surface area contributed by atoms with Crippen LogP contribution in [0.5, 0.6) is 11.5 Å². The first kappa shape index (κ1) is 23.3. The van der Waals surface area contributed by atoms with Crippen LogP contribution >= 0.6 is 11.3 Å². The van der Waals surface area contributed by atoms with Gasteiger partial charge in [0, 0.05) is 18.7 Å². The van der Waals surface area contributed by atoms with E-state index >= 15 is 0 Å². The Morgan fingerprint density at radius 2 is 1.82 bits per heavy atom. The Labute approximate surface area is 196 Å². The van der Waals surface area contributed by atoms with Crippen molar-refractivity contribution in [1.29, 1.82) is 0 Å². The highest BCUT2D eigenvalue weighted by Gasteiger charge is 2.28. The number of rotatable bonds is 7. The quantitative estimate of drug-likeness (QED) is 0.488. The summed E-state index contributed by atoms with van der Waals surface area (Å²) in [6, 6.07) is 9.50. The highest BCUT2D eigenvalue weighted by atomic mass is 32.2. The summed E-state index contributed by atoms with van der Waals surface area (Å²) in [6.45, 7) is 3.10. The Bertz CT molecular complexity index is 1220. The number of carbonyl (C=O) groups excluding carboxylic acids is 1. The van der Waals surface area contributed by atoms with Gasteiger partial charge in [0.2, 0.25) is 15.2 Å². The van der Waals surface area contributed by atoms with Gasteiger partial charge >= 0.3 is 0 Å². The molecule has 0 spiro atoms. The molecule has 176 valence electrons. The maximum absolute atomic E-state index is 12.9. The molecule has 1 aliphatic heterocycles. The van der Waals surface area contributed by atoms with E-state index in [0.717, 1.165) is 17.5 Å². The van der Waals surface area contributed by atoms with Crippen LogP contribution in [0, 0.1) is 5.92 Å². The molecule has 4 rings (SSSR count). The zero-order valence-corrected chi connectivity index (χ0v) is 20.3. The predicted molar refractivity (Wildman–Crippen MR) is 127 cm³/mol. The number of thiazole rings is 1. The summed E-state index contributed by atoms with van der Waals surface area (Å²) in [5.74, 6) is 1.18. The van der Waals surface area contributed by atoms with Crippen LogP contribution in [0.15, 0.2) is 41.3 Å². The van der Waals surface area contributed by atoms with E-state index in [1.165, 1.54) is 39.9 Å². The minimum atomic E-state index is -3.57. The second-order valence-corrected chi connectivity index (χ2v) is 10.8. The van der Waals surface area contributed by atoms with E-state index < -0.39 is 15.9 Å². The van der Waals surface area contributed by atoms with Gasteiger partial charge in [-0.05, 0) is 55.2 Å². The van der Waals surface area contributed by atoms with Gasteiger partial charge in [-0.2, -0.15) is 4.31 Å². The van der Waals surface area contributed by atoms with Gasteiger partial charge in [-0.25, -0.2) is 13.4 Å². The fraction of sp³-hybridized carbons (Fsp3) is 0.364. The number of piperidine rings is 1. The molecule has 0 radical (unpaired) electrons. The number of anilines is 1. The van der Waals surface area contributed by atoms with E-state index in [-0.39, 0.29) is 4.90 Å². The highest BCUT2D eigenvalue weighted by molar-refractivity contribution is 7.89. The van der Waals surface area contributed by atoms with E-state index in [1.807, 2.05) is 0 Å². The summed E-state index contributed by atoms with van der Waals surface area (Å²) in [5, 5.41) is 0.458. The first-order chi connectivity index (χ1) is 15.8. The Morgan fingerprint density at radius 1 is 1.12 bits per heavy atom. The van der Waals surface area contributed by atoms with Crippen molar-refractivity contribution in [1.82, 2.24) is 14.7 Å². The van der Waals surface area contributed by atoms with E-state index in [9.17, 15) is 13.2 Å². The standard InChI is InChI=1S/C22H26N4O5S2/c1-14-5-4-12-26(13-14)33(28,29)16-8-6-15(7-9-16)21(27)24-25-22-23-19-17(30-2)10-11-18(31-3)20(19)32-22/h6-11,14H,4-5,12-13H2,1-3H3,(H,23,25)(H,24,27). The van der Waals surface area contributed by atoms with Crippen LogP contribution in [-0.2, 0) is 10.0 Å². The fourth-order valence-electron chi connectivity index (χ4n) is 3.81. The van der Waals surface area contributed by atoms with Crippen LogP contribution in [0.2, 0.25) is 0 Å². The monoisotopic (exact) mass is 490 g/mol. The maximum Gasteiger partial charge on any atom is 0.269 e. The largest absolute Gasteiger partial charge is 0.495 e. The number of hydrogen-bond donors (Lipinski definition) is 2. The lowest BCUT2D eigenvalue weighted by Crippen LogP contribution is -2.39. The van der Waals surface area contributed by atoms with Crippen molar-refractivity contribution in [3.05, 3.63) is 42.0 Å². The number of fused-ring (bicyclic) bond motifs is 1. The molecular formula is C22H26N4O5S2. The molecular weight excluding hydrogens is 464 g/mol. The third-order valence-electron chi connectivity index (χ3n) is 5.57. The molecule has 2 N–H and O–H groups in total. The summed E-state index contributed by atoms with van der Waals surface area (Å²) in [6.07, 6.45) is 1.89. The number of benzene rings is 2. The number of methoxy groups -OCH3 is 2. The number of hydrogen-bond acceptors (Lipinski definition) is 8. The van der Waals surface area contributed by atoms with Gasteiger partial charge < -0.3 is 9.47 Å². The van der Waals surface area contributed by atoms with Crippen molar-refractivity contribution in [2.75, 3.05) is 32.7 Å². The number of sulfonamides is 1. The number of carbonyl (C=O) groups is 1. The minimum absolute atomic E-state index is 0.187. The number of amides is 1. The third kappa shape index (κ3) is 4.75. The Balaban J connectivity index is 1.45. The molecule has 3 aromatic rings. The summed E-state index contributed by atoms with van der Waals surface area (Å²) in [5.41, 5.74) is 6.35. The van der Waals surface area contributed by atoms with Gasteiger partial charge in [0.05, 0.1) is 19.1 Å². The number of nitrogens with one attached hydrogen (secondary N) is 2. The minimum Gasteiger partial charge on any atom is -0.495 e. The van der Waals surface area contributed by atoms with Crippen LogP contribution < -0.4 is 20.3 Å². The van der Waals surface area contributed by atoms with Crippen molar-refractivity contribution >= 4 is 42.6 Å². The summed E-state index contributed by atoms with van der Waals surface area (Å²) < 4.78 is 38.8. The SMILES string of the molecule is COc1ccc(OC)c2sc(NNC(=O)c3ccc(S(=O)(=O)N4CCCC(C)C4)cc3)nc12. The first-order valence-corrected chi connectivity index (χ1v) is 12.8. The summed E-state index contributed by atoms with van der Waals surface area (Å²) >= 11 is 1.31. The third-order valence-corrected chi connectivity index (χ3v) is 8.43. The van der Waals surface area contributed by atoms with E-state index in [2.05, 4.69) is 22.8 Å². The molecule has 1 aliphatic rings. The van der Waals surface area contributed by atoms with E-state index in [0.29, 0.717) is 46.7 Å². The number of ether oxygens (including phenoxy) is 2. The molecule has 9 nitrogen and oxygen atoms in total. The Kier molecular flexibility index (Phi) is 6.73. The van der Waals surface area contributed by atoms with Crippen LogP contribution in [0.3, 0.4) is 0 Å². The zero-order chi connectivity index (χ0) is 23.6. The van der Waals surface area contributed by atoms with Crippen LogP contribution in [0.4, 0.5) is 5.13 Å². The lowest BCUT2D eigenvalue weighted by atomic mass is 10.0. The van der Waals surface area contributed by atoms with Gasteiger partial charge in [-0.15, -0.1) is 0 Å². The predicted octanol–water partition coefficient (Wildman–Crippen LogP) is 3.49. The van der Waals surface area contributed by atoms with Crippen LogP contribution in [0.1, 0.15) is 30.1 Å². The molecule has 1 saturated heterocycles. The molecule has 11 heteroatoms. The highest BCUT2D eigenvalue weighted by Crippen LogP contribution is 2.38. The van der Waals surface area contributed by atoms with Gasteiger partial charge in [0.1, 0.15) is 21.7 Å². The molecule has 1 fully saturated rings. The van der Waals surface area contributed by atoms with Gasteiger partial charge in [0.15, 0.2) is 0 Å². The summed E-state index contributed by atoms with van der Waals surface area (Å²) in [7, 11) is -0.431. The molecule has 1 aromatic heterocycles. The smallest absolute Gasteiger partial charge is 0.269 e. The normalized spacial score (nSPS) is 17.0. The van der Waals surface area contributed by atoms with Gasteiger partial charge in [-0.3, -0.25) is 15.6 Å². The lowest BCUT2D eigenvalue weighted by molar-refractivity contribution is 0.0962. The van der Waals surface area contributed by atoms with Gasteiger partial charge in [0.25, 0.3) is 5.91 Å². The molecule has 0 saturated carbocycles. The number of hydrazine groups is 1. The molecule has 1 amide bonds. The Morgan fingerprint density at radius 3 is 2.48 bits per heavy atom. The summed E-state index contributed by atoms with van der Waals surface area (Å²) in [4.78, 5) is 17.2. The molecule has 33 heavy (non-hydrogen) atoms. The lowest BCUT2D eigenvalue weighted by Gasteiger charge is -2.30. The molecule has 2 heterocycles. The number of aromatic nitrogens is 1. The second-order valence-electron chi connectivity index (χ2n) is 7.88. The average molecular weight is 491 g/mol. The molecule has 1 unspecified atom stereocenters. The molecule has 0 aliphatic carbocycles. The van der Waals surface area contributed by atoms with Crippen molar-refractivity contribution < 1.29 is 22.7 Å². The van der Waals surface area contributed by atoms with Crippen molar-refractivity contribution in [3.8, 4) is 11.5 Å². The molecule has 2 aromatic carbocycles. The zero-order valence-electron chi connectivity index (χ0n) is 18.6. The topological polar surface area (TPSA) is 110 Å². The van der Waals surface area contributed by atoms with Crippen LogP contribution in [0.25, 0.3) is 10.2 Å². The fourth-order valence-corrected chi connectivity index (χ4v) is 6.34. The average Bonchev–Trinajstić information content (AvgIpc) is 3.26. The molecule has 0 bridgehead atoms. The maximum atomic E-state index is 12.9.